The van der Waals surface area contributed by atoms with Crippen LogP contribution in [0.3, 0.4) is 0 Å². The summed E-state index contributed by atoms with van der Waals surface area (Å²) in [5, 5.41) is 19.9. The van der Waals surface area contributed by atoms with Gasteiger partial charge in [0.1, 0.15) is 10.7 Å². The molecule has 1 amide bonds. The van der Waals surface area contributed by atoms with E-state index in [-0.39, 0.29) is 29.8 Å². The zero-order valence-electron chi connectivity index (χ0n) is 10.2. The van der Waals surface area contributed by atoms with Crippen molar-refractivity contribution < 1.29 is 19.4 Å². The number of carbonyl (C=O) groups is 1. The van der Waals surface area contributed by atoms with Gasteiger partial charge in [-0.2, -0.15) is 0 Å². The number of hydrogen-bond acceptors (Lipinski definition) is 4. The van der Waals surface area contributed by atoms with Crippen molar-refractivity contribution in [3.63, 3.8) is 0 Å². The van der Waals surface area contributed by atoms with Crippen molar-refractivity contribution in [1.29, 1.82) is 0 Å². The molecule has 1 aromatic carbocycles. The van der Waals surface area contributed by atoms with Crippen LogP contribution in [0.2, 0.25) is 5.02 Å². The average Bonchev–Trinajstić information content (AvgIpc) is 2.90. The van der Waals surface area contributed by atoms with Gasteiger partial charge in [0.15, 0.2) is 0 Å². The first kappa shape index (κ1) is 13.8. The number of fused-ring (bicyclic) bond motifs is 1. The van der Waals surface area contributed by atoms with Crippen LogP contribution in [0.4, 0.5) is 4.39 Å². The number of amides is 1. The van der Waals surface area contributed by atoms with Crippen LogP contribution in [0.15, 0.2) is 18.2 Å². The monoisotopic (exact) mass is 315 g/mol. The number of hydrogen-bond donors (Lipinski definition) is 2. The summed E-state index contributed by atoms with van der Waals surface area (Å²) < 4.78 is 13.8. The molecule has 2 aromatic rings. The largest absolute Gasteiger partial charge is 0.388 e. The molecular weight excluding hydrogens is 305 g/mol. The van der Waals surface area contributed by atoms with E-state index in [2.05, 4.69) is 0 Å². The van der Waals surface area contributed by atoms with Gasteiger partial charge in [-0.1, -0.05) is 11.6 Å². The number of nitrogens with zero attached hydrogens (tertiary/aromatic N) is 1. The highest BCUT2D eigenvalue weighted by Crippen LogP contribution is 2.36. The Morgan fingerprint density at radius 2 is 2.00 bits per heavy atom. The van der Waals surface area contributed by atoms with Crippen molar-refractivity contribution in [1.82, 2.24) is 4.90 Å². The minimum absolute atomic E-state index is 0.0684. The Balaban J connectivity index is 1.98. The zero-order valence-corrected chi connectivity index (χ0v) is 11.8. The molecule has 0 bridgehead atoms. The maximum atomic E-state index is 13.2. The lowest BCUT2D eigenvalue weighted by atomic mass is 10.2. The Morgan fingerprint density at radius 1 is 1.35 bits per heavy atom. The predicted octanol–water partition coefficient (Wildman–Crippen LogP) is 1.87. The number of rotatable bonds is 1. The molecule has 20 heavy (non-hydrogen) atoms. The fourth-order valence-electron chi connectivity index (χ4n) is 2.26. The number of aliphatic hydroxyl groups is 2. The van der Waals surface area contributed by atoms with Crippen LogP contribution in [-0.2, 0) is 0 Å². The number of likely N-dealkylation sites (tertiary alicyclic amines) is 1. The molecule has 0 radical (unpaired) electrons. The van der Waals surface area contributed by atoms with Crippen molar-refractivity contribution in [2.45, 2.75) is 12.2 Å². The van der Waals surface area contributed by atoms with E-state index in [4.69, 9.17) is 11.6 Å². The van der Waals surface area contributed by atoms with E-state index >= 15 is 0 Å². The van der Waals surface area contributed by atoms with Gasteiger partial charge < -0.3 is 15.1 Å². The number of carbonyl (C=O) groups excluding carboxylic acids is 1. The topological polar surface area (TPSA) is 60.8 Å². The maximum absolute atomic E-state index is 13.2. The molecule has 0 aliphatic carbocycles. The van der Waals surface area contributed by atoms with Gasteiger partial charge >= 0.3 is 0 Å². The number of halogens is 2. The quantitative estimate of drug-likeness (QED) is 0.844. The number of β-amino-alcohol motifs (C(OH)–C–C–N with tert-alkyl or cyclic N) is 2. The van der Waals surface area contributed by atoms with Crippen molar-refractivity contribution in [2.24, 2.45) is 0 Å². The Morgan fingerprint density at radius 3 is 2.65 bits per heavy atom. The van der Waals surface area contributed by atoms with Crippen LogP contribution in [0, 0.1) is 5.82 Å². The predicted molar refractivity (Wildman–Crippen MR) is 74.7 cm³/mol. The molecule has 0 unspecified atom stereocenters. The van der Waals surface area contributed by atoms with Gasteiger partial charge in [0.2, 0.25) is 0 Å². The smallest absolute Gasteiger partial charge is 0.265 e. The summed E-state index contributed by atoms with van der Waals surface area (Å²) in [4.78, 5) is 14.0. The molecule has 1 saturated heterocycles. The molecule has 2 atom stereocenters. The van der Waals surface area contributed by atoms with Gasteiger partial charge in [-0.05, 0) is 18.2 Å². The molecule has 2 N–H and O–H groups in total. The molecule has 4 nitrogen and oxygen atoms in total. The SMILES string of the molecule is O=C(c1sc2cc(F)ccc2c1Cl)N1C[C@@H](O)[C@@H](O)C1. The molecule has 7 heteroatoms. The van der Waals surface area contributed by atoms with Crippen LogP contribution in [-0.4, -0.2) is 46.3 Å². The Labute approximate surface area is 123 Å². The second-order valence-electron chi connectivity index (χ2n) is 4.73. The van der Waals surface area contributed by atoms with Crippen LogP contribution in [0.25, 0.3) is 10.1 Å². The minimum Gasteiger partial charge on any atom is -0.388 e. The average molecular weight is 316 g/mol. The standard InChI is InChI=1S/C13H11ClFNO3S/c14-11-7-2-1-6(15)3-10(7)20-12(11)13(19)16-4-8(17)9(18)5-16/h1-3,8-9,17-18H,4-5H2/t8-,9+. The molecule has 0 saturated carbocycles. The van der Waals surface area contributed by atoms with Crippen molar-refractivity contribution in [2.75, 3.05) is 13.1 Å². The molecule has 1 fully saturated rings. The highest BCUT2D eigenvalue weighted by Gasteiger charge is 2.34. The van der Waals surface area contributed by atoms with E-state index in [1.165, 1.54) is 23.1 Å². The third-order valence-corrected chi connectivity index (χ3v) is 4.98. The van der Waals surface area contributed by atoms with Crippen LogP contribution in [0.5, 0.6) is 0 Å². The lowest BCUT2D eigenvalue weighted by Crippen LogP contribution is -2.29. The van der Waals surface area contributed by atoms with Gasteiger partial charge in [-0.15, -0.1) is 11.3 Å². The molecule has 0 spiro atoms. The first-order chi connectivity index (χ1) is 9.47. The Bertz CT molecular complexity index is 680. The second kappa shape index (κ2) is 4.96. The Hall–Kier alpha value is -1.21. The van der Waals surface area contributed by atoms with Gasteiger partial charge in [0.25, 0.3) is 5.91 Å². The second-order valence-corrected chi connectivity index (χ2v) is 6.16. The molecule has 1 aliphatic heterocycles. The summed E-state index contributed by atoms with van der Waals surface area (Å²) in [6, 6.07) is 4.16. The van der Waals surface area contributed by atoms with Gasteiger partial charge in [-0.25, -0.2) is 4.39 Å². The fraction of sp³-hybridized carbons (Fsp3) is 0.308. The zero-order chi connectivity index (χ0) is 14.4. The van der Waals surface area contributed by atoms with Gasteiger partial charge in [0, 0.05) is 23.2 Å². The number of aliphatic hydroxyl groups excluding tert-OH is 2. The van der Waals surface area contributed by atoms with Crippen LogP contribution >= 0.6 is 22.9 Å². The number of benzene rings is 1. The Kier molecular flexibility index (Phi) is 3.41. The molecule has 3 rings (SSSR count). The molecule has 1 aromatic heterocycles. The van der Waals surface area contributed by atoms with E-state index < -0.39 is 12.2 Å². The molecule has 2 heterocycles. The molecular formula is C13H11ClFNO3S. The van der Waals surface area contributed by atoms with Crippen molar-refractivity contribution in [3.05, 3.63) is 33.9 Å². The van der Waals surface area contributed by atoms with E-state index in [0.717, 1.165) is 11.3 Å². The summed E-state index contributed by atoms with van der Waals surface area (Å²) in [5.74, 6) is -0.742. The first-order valence-corrected chi connectivity index (χ1v) is 7.20. The minimum atomic E-state index is -0.940. The van der Waals surface area contributed by atoms with Crippen molar-refractivity contribution in [3.8, 4) is 0 Å². The summed E-state index contributed by atoms with van der Waals surface area (Å²) in [5.41, 5.74) is 0. The summed E-state index contributed by atoms with van der Waals surface area (Å²) in [7, 11) is 0. The lowest BCUT2D eigenvalue weighted by molar-refractivity contribution is 0.0572. The van der Waals surface area contributed by atoms with Crippen LogP contribution in [0.1, 0.15) is 9.67 Å². The fourth-order valence-corrected chi connectivity index (χ4v) is 3.76. The third-order valence-electron chi connectivity index (χ3n) is 3.33. The summed E-state index contributed by atoms with van der Waals surface area (Å²) >= 11 is 7.28. The van der Waals surface area contributed by atoms with E-state index in [9.17, 15) is 19.4 Å². The highest BCUT2D eigenvalue weighted by atomic mass is 35.5. The molecule has 1 aliphatic rings. The third kappa shape index (κ3) is 2.18. The van der Waals surface area contributed by atoms with E-state index in [1.54, 1.807) is 0 Å². The van der Waals surface area contributed by atoms with Gasteiger partial charge in [-0.3, -0.25) is 4.79 Å². The van der Waals surface area contributed by atoms with E-state index in [0.29, 0.717) is 15.0 Å². The summed E-state index contributed by atoms with van der Waals surface area (Å²) in [6.07, 6.45) is -1.88. The first-order valence-electron chi connectivity index (χ1n) is 6.00. The lowest BCUT2D eigenvalue weighted by Gasteiger charge is -2.14. The van der Waals surface area contributed by atoms with E-state index in [1.807, 2.05) is 0 Å². The normalized spacial score (nSPS) is 22.7. The highest BCUT2D eigenvalue weighted by molar-refractivity contribution is 7.21. The van der Waals surface area contributed by atoms with Crippen molar-refractivity contribution >= 4 is 38.9 Å². The van der Waals surface area contributed by atoms with Crippen LogP contribution < -0.4 is 0 Å². The van der Waals surface area contributed by atoms with Gasteiger partial charge in [0.05, 0.1) is 17.2 Å². The molecule has 106 valence electrons. The summed E-state index contributed by atoms with van der Waals surface area (Å²) in [6.45, 7) is 0.137. The maximum Gasteiger partial charge on any atom is 0.265 e. The number of thiophene rings is 1.